The number of hydrogen-bond donors (Lipinski definition) is 2. The van der Waals surface area contributed by atoms with E-state index < -0.39 is 11.5 Å². The highest BCUT2D eigenvalue weighted by atomic mass is 16.4. The molecule has 104 valence electrons. The van der Waals surface area contributed by atoms with Gasteiger partial charge in [-0.15, -0.1) is 0 Å². The molecule has 3 unspecified atom stereocenters. The van der Waals surface area contributed by atoms with E-state index in [2.05, 4.69) is 29.2 Å². The van der Waals surface area contributed by atoms with Crippen LogP contribution in [0.2, 0.25) is 0 Å². The Bertz CT molecular complexity index is 321. The predicted molar refractivity (Wildman–Crippen MR) is 70.7 cm³/mol. The molecule has 5 heteroatoms. The summed E-state index contributed by atoms with van der Waals surface area (Å²) in [6, 6.07) is 1.05. The van der Waals surface area contributed by atoms with Crippen molar-refractivity contribution in [3.8, 4) is 0 Å². The van der Waals surface area contributed by atoms with Gasteiger partial charge in [0.05, 0.1) is 0 Å². The zero-order valence-electron chi connectivity index (χ0n) is 11.6. The largest absolute Gasteiger partial charge is 0.480 e. The lowest BCUT2D eigenvalue weighted by atomic mass is 9.98. The Balaban J connectivity index is 1.96. The Morgan fingerprint density at radius 2 is 2.17 bits per heavy atom. The van der Waals surface area contributed by atoms with E-state index in [9.17, 15) is 9.90 Å². The van der Waals surface area contributed by atoms with Crippen LogP contribution in [-0.4, -0.2) is 72.7 Å². The van der Waals surface area contributed by atoms with Gasteiger partial charge in [0, 0.05) is 25.2 Å². The zero-order chi connectivity index (χ0) is 13.3. The first-order valence-corrected chi connectivity index (χ1v) is 6.81. The minimum Gasteiger partial charge on any atom is -0.480 e. The topological polar surface area (TPSA) is 55.8 Å². The summed E-state index contributed by atoms with van der Waals surface area (Å²) in [5, 5.41) is 12.4. The van der Waals surface area contributed by atoms with Crippen molar-refractivity contribution in [1.82, 2.24) is 15.1 Å². The van der Waals surface area contributed by atoms with E-state index in [0.717, 1.165) is 32.4 Å². The van der Waals surface area contributed by atoms with Crippen LogP contribution < -0.4 is 5.32 Å². The lowest BCUT2D eigenvalue weighted by Gasteiger charge is -2.28. The predicted octanol–water partition coefficient (Wildman–Crippen LogP) is 0.218. The van der Waals surface area contributed by atoms with Gasteiger partial charge < -0.3 is 15.3 Å². The fraction of sp³-hybridized carbons (Fsp3) is 0.923. The number of nitrogens with one attached hydrogen (secondary N) is 1. The van der Waals surface area contributed by atoms with E-state index >= 15 is 0 Å². The standard InChI is InChI=1S/C13H25N3O2/c1-14-13(12(17)18)6-4-10(8-13)16-7-5-11(9-16)15(2)3/h10-11,14H,4-9H2,1-3H3,(H,17,18). The number of likely N-dealkylation sites (tertiary alicyclic amines) is 1. The molecule has 2 aliphatic rings. The lowest BCUT2D eigenvalue weighted by Crippen LogP contribution is -2.49. The summed E-state index contributed by atoms with van der Waals surface area (Å²) in [4.78, 5) is 16.2. The van der Waals surface area contributed by atoms with E-state index in [4.69, 9.17) is 0 Å². The third-order valence-electron chi connectivity index (χ3n) is 4.82. The smallest absolute Gasteiger partial charge is 0.323 e. The van der Waals surface area contributed by atoms with E-state index in [1.54, 1.807) is 7.05 Å². The van der Waals surface area contributed by atoms with Crippen LogP contribution in [0.1, 0.15) is 25.7 Å². The minimum absolute atomic E-state index is 0.429. The van der Waals surface area contributed by atoms with E-state index in [0.29, 0.717) is 12.1 Å². The van der Waals surface area contributed by atoms with Gasteiger partial charge in [0.2, 0.25) is 0 Å². The molecule has 3 atom stereocenters. The molecule has 5 nitrogen and oxygen atoms in total. The molecule has 18 heavy (non-hydrogen) atoms. The highest BCUT2D eigenvalue weighted by Gasteiger charge is 2.46. The van der Waals surface area contributed by atoms with Crippen LogP contribution in [0.5, 0.6) is 0 Å². The van der Waals surface area contributed by atoms with Gasteiger partial charge in [-0.25, -0.2) is 0 Å². The summed E-state index contributed by atoms with van der Waals surface area (Å²) in [5.74, 6) is -0.698. The molecule has 2 rings (SSSR count). The van der Waals surface area contributed by atoms with Crippen LogP contribution in [0.3, 0.4) is 0 Å². The summed E-state index contributed by atoms with van der Waals surface area (Å²) in [7, 11) is 6.01. The molecule has 0 aromatic carbocycles. The van der Waals surface area contributed by atoms with E-state index in [1.807, 2.05) is 0 Å². The normalized spacial score (nSPS) is 37.6. The van der Waals surface area contributed by atoms with Crippen LogP contribution in [0, 0.1) is 0 Å². The molecular formula is C13H25N3O2. The summed E-state index contributed by atoms with van der Waals surface area (Å²) >= 11 is 0. The number of nitrogens with zero attached hydrogens (tertiary/aromatic N) is 2. The molecule has 0 spiro atoms. The Morgan fingerprint density at radius 1 is 1.44 bits per heavy atom. The molecule has 0 bridgehead atoms. The molecule has 2 fully saturated rings. The molecule has 1 aliphatic heterocycles. The van der Waals surface area contributed by atoms with Gasteiger partial charge >= 0.3 is 5.97 Å². The van der Waals surface area contributed by atoms with Crippen molar-refractivity contribution in [3.05, 3.63) is 0 Å². The van der Waals surface area contributed by atoms with Gasteiger partial charge in [-0.05, 0) is 46.8 Å². The Labute approximate surface area is 109 Å². The van der Waals surface area contributed by atoms with Gasteiger partial charge in [-0.3, -0.25) is 9.69 Å². The van der Waals surface area contributed by atoms with Gasteiger partial charge in [-0.1, -0.05) is 0 Å². The molecule has 2 N–H and O–H groups in total. The summed E-state index contributed by atoms with van der Waals surface area (Å²) < 4.78 is 0. The Kier molecular flexibility index (Phi) is 3.94. The van der Waals surface area contributed by atoms with E-state index in [1.165, 1.54) is 6.42 Å². The zero-order valence-corrected chi connectivity index (χ0v) is 11.6. The first kappa shape index (κ1) is 13.8. The fourth-order valence-electron chi connectivity index (χ4n) is 3.38. The van der Waals surface area contributed by atoms with Gasteiger partial charge in [0.25, 0.3) is 0 Å². The second-order valence-electron chi connectivity index (χ2n) is 5.93. The van der Waals surface area contributed by atoms with E-state index in [-0.39, 0.29) is 0 Å². The van der Waals surface area contributed by atoms with Crippen LogP contribution in [0.15, 0.2) is 0 Å². The maximum Gasteiger partial charge on any atom is 0.323 e. The van der Waals surface area contributed by atoms with Crippen LogP contribution in [0.4, 0.5) is 0 Å². The second-order valence-corrected chi connectivity index (χ2v) is 5.93. The lowest BCUT2D eigenvalue weighted by molar-refractivity contribution is -0.144. The van der Waals surface area contributed by atoms with Crippen molar-refractivity contribution in [3.63, 3.8) is 0 Å². The van der Waals surface area contributed by atoms with Crippen molar-refractivity contribution in [1.29, 1.82) is 0 Å². The molecule has 0 aromatic heterocycles. The maximum atomic E-state index is 11.4. The molecule has 0 aromatic rings. The van der Waals surface area contributed by atoms with Crippen LogP contribution in [-0.2, 0) is 4.79 Å². The van der Waals surface area contributed by atoms with Crippen molar-refractivity contribution < 1.29 is 9.90 Å². The Hall–Kier alpha value is -0.650. The van der Waals surface area contributed by atoms with Gasteiger partial charge in [-0.2, -0.15) is 0 Å². The molecular weight excluding hydrogens is 230 g/mol. The number of aliphatic carboxylic acids is 1. The number of hydrogen-bond acceptors (Lipinski definition) is 4. The Morgan fingerprint density at radius 3 is 2.61 bits per heavy atom. The van der Waals surface area contributed by atoms with Crippen molar-refractivity contribution >= 4 is 5.97 Å². The molecule has 1 saturated carbocycles. The maximum absolute atomic E-state index is 11.4. The van der Waals surface area contributed by atoms with Gasteiger partial charge in [0.15, 0.2) is 0 Å². The SMILES string of the molecule is CNC1(C(=O)O)CCC(N2CCC(N(C)C)C2)C1. The first-order valence-electron chi connectivity index (χ1n) is 6.81. The van der Waals surface area contributed by atoms with Gasteiger partial charge in [0.1, 0.15) is 5.54 Å². The highest BCUT2D eigenvalue weighted by molar-refractivity contribution is 5.79. The number of rotatable bonds is 4. The number of carboxylic acid groups (broad SMARTS) is 1. The second kappa shape index (κ2) is 5.15. The average Bonchev–Trinajstić information content (AvgIpc) is 2.96. The summed E-state index contributed by atoms with van der Waals surface area (Å²) in [5.41, 5.74) is -0.694. The van der Waals surface area contributed by atoms with Crippen molar-refractivity contribution in [2.45, 2.75) is 43.3 Å². The average molecular weight is 255 g/mol. The summed E-state index contributed by atoms with van der Waals surface area (Å²) in [6.45, 7) is 2.18. The molecule has 0 radical (unpaired) electrons. The van der Waals surface area contributed by atoms with Crippen molar-refractivity contribution in [2.24, 2.45) is 0 Å². The molecule has 1 heterocycles. The van der Waals surface area contributed by atoms with Crippen LogP contribution in [0.25, 0.3) is 0 Å². The molecule has 0 amide bonds. The number of carboxylic acids is 1. The van der Waals surface area contributed by atoms with Crippen molar-refractivity contribution in [2.75, 3.05) is 34.2 Å². The quantitative estimate of drug-likeness (QED) is 0.752. The fourth-order valence-corrected chi connectivity index (χ4v) is 3.38. The minimum atomic E-state index is -0.698. The number of likely N-dealkylation sites (N-methyl/N-ethyl adjacent to an activating group) is 2. The third kappa shape index (κ3) is 2.39. The molecule has 1 aliphatic carbocycles. The monoisotopic (exact) mass is 255 g/mol. The third-order valence-corrected chi connectivity index (χ3v) is 4.82. The highest BCUT2D eigenvalue weighted by Crippen LogP contribution is 2.35. The molecule has 1 saturated heterocycles. The first-order chi connectivity index (χ1) is 8.48. The summed E-state index contributed by atoms with van der Waals surface area (Å²) in [6.07, 6.45) is 3.67. The number of carbonyl (C=O) groups is 1. The van der Waals surface area contributed by atoms with Crippen LogP contribution >= 0.6 is 0 Å².